The molecule has 0 spiro atoms. The van der Waals surface area contributed by atoms with Gasteiger partial charge in [0.2, 0.25) is 0 Å². The van der Waals surface area contributed by atoms with Gasteiger partial charge in [-0.25, -0.2) is 8.78 Å². The first-order chi connectivity index (χ1) is 11.3. The summed E-state index contributed by atoms with van der Waals surface area (Å²) in [5.41, 5.74) is 10.6. The first-order valence-electron chi connectivity index (χ1n) is 7.87. The number of nitrogen functional groups attached to an aromatic ring is 1. The lowest BCUT2D eigenvalue weighted by atomic mass is 9.98. The van der Waals surface area contributed by atoms with E-state index < -0.39 is 11.6 Å². The molecule has 2 aromatic carbocycles. The molecule has 1 atom stereocenters. The monoisotopic (exact) mass is 346 g/mol. The Labute approximate surface area is 145 Å². The minimum absolute atomic E-state index is 0.00157. The van der Waals surface area contributed by atoms with E-state index in [1.54, 1.807) is 6.92 Å². The molecule has 1 unspecified atom stereocenters. The van der Waals surface area contributed by atoms with E-state index in [-0.39, 0.29) is 11.6 Å². The Morgan fingerprint density at radius 3 is 2.42 bits per heavy atom. The fourth-order valence-corrected chi connectivity index (χ4v) is 4.04. The molecular weight excluding hydrogens is 326 g/mol. The quantitative estimate of drug-likeness (QED) is 0.826. The first kappa shape index (κ1) is 17.0. The van der Waals surface area contributed by atoms with E-state index in [0.29, 0.717) is 10.6 Å². The molecule has 0 radical (unpaired) electrons. The molecule has 1 heterocycles. The van der Waals surface area contributed by atoms with Crippen molar-refractivity contribution in [3.63, 3.8) is 0 Å². The van der Waals surface area contributed by atoms with Crippen molar-refractivity contribution in [3.05, 3.63) is 63.7 Å². The lowest BCUT2D eigenvalue weighted by Gasteiger charge is -2.12. The zero-order chi connectivity index (χ0) is 17.4. The largest absolute Gasteiger partial charge is 0.399 e. The molecule has 0 saturated heterocycles. The SMILES string of the molecule is Cc1cc(F)c(C2=NC(Cc3cc(C)c(N)cc3C)CS2)c(F)c1. The summed E-state index contributed by atoms with van der Waals surface area (Å²) in [7, 11) is 0. The second-order valence-electron chi connectivity index (χ2n) is 6.34. The standard InChI is InChI=1S/C19H20F2N2S/c1-10-4-15(20)18(16(21)5-10)19-23-14(9-24-19)8-13-6-12(3)17(22)7-11(13)2/h4-7,14H,8-9,22H2,1-3H3. The number of anilines is 1. The van der Waals surface area contributed by atoms with E-state index in [2.05, 4.69) is 11.1 Å². The van der Waals surface area contributed by atoms with Crippen LogP contribution < -0.4 is 5.73 Å². The Balaban J connectivity index is 1.86. The highest BCUT2D eigenvalue weighted by molar-refractivity contribution is 8.14. The predicted octanol–water partition coefficient (Wildman–Crippen LogP) is 4.58. The molecule has 5 heteroatoms. The molecule has 1 aliphatic rings. The van der Waals surface area contributed by atoms with Crippen molar-refractivity contribution in [2.45, 2.75) is 33.2 Å². The summed E-state index contributed by atoms with van der Waals surface area (Å²) in [5.74, 6) is -0.358. The fourth-order valence-electron chi connectivity index (χ4n) is 2.93. The molecule has 0 saturated carbocycles. The molecule has 0 aliphatic carbocycles. The van der Waals surface area contributed by atoms with Crippen LogP contribution in [-0.4, -0.2) is 16.8 Å². The minimum Gasteiger partial charge on any atom is -0.399 e. The summed E-state index contributed by atoms with van der Waals surface area (Å²) in [5, 5.41) is 0.458. The van der Waals surface area contributed by atoms with Crippen LogP contribution in [0.1, 0.15) is 27.8 Å². The Kier molecular flexibility index (Phi) is 4.63. The van der Waals surface area contributed by atoms with E-state index in [9.17, 15) is 8.78 Å². The minimum atomic E-state index is -0.543. The van der Waals surface area contributed by atoms with E-state index in [0.717, 1.165) is 29.0 Å². The number of thioether (sulfide) groups is 1. The van der Waals surface area contributed by atoms with Crippen LogP contribution in [0.15, 0.2) is 29.3 Å². The Morgan fingerprint density at radius 1 is 1.08 bits per heavy atom. The summed E-state index contributed by atoms with van der Waals surface area (Å²) in [6.07, 6.45) is 0.749. The van der Waals surface area contributed by atoms with Crippen molar-refractivity contribution in [3.8, 4) is 0 Å². The van der Waals surface area contributed by atoms with Gasteiger partial charge in [0.05, 0.1) is 11.6 Å². The lowest BCUT2D eigenvalue weighted by Crippen LogP contribution is -2.10. The molecule has 0 fully saturated rings. The van der Waals surface area contributed by atoms with Crippen LogP contribution in [0.4, 0.5) is 14.5 Å². The molecule has 0 amide bonds. The van der Waals surface area contributed by atoms with Crippen LogP contribution in [0.5, 0.6) is 0 Å². The molecule has 24 heavy (non-hydrogen) atoms. The van der Waals surface area contributed by atoms with Gasteiger partial charge in [-0.3, -0.25) is 4.99 Å². The van der Waals surface area contributed by atoms with Crippen LogP contribution >= 0.6 is 11.8 Å². The number of rotatable bonds is 3. The number of halogens is 2. The van der Waals surface area contributed by atoms with Gasteiger partial charge >= 0.3 is 0 Å². The molecule has 3 rings (SSSR count). The number of nitrogens with zero attached hydrogens (tertiary/aromatic N) is 1. The Morgan fingerprint density at radius 2 is 1.75 bits per heavy atom. The maximum atomic E-state index is 14.1. The van der Waals surface area contributed by atoms with Crippen LogP contribution in [0.25, 0.3) is 0 Å². The molecule has 126 valence electrons. The van der Waals surface area contributed by atoms with Crippen LogP contribution in [-0.2, 0) is 6.42 Å². The molecule has 0 aromatic heterocycles. The third-order valence-electron chi connectivity index (χ3n) is 4.29. The maximum absolute atomic E-state index is 14.1. The van der Waals surface area contributed by atoms with Gasteiger partial charge in [-0.05, 0) is 67.6 Å². The molecule has 0 bridgehead atoms. The summed E-state index contributed by atoms with van der Waals surface area (Å²) in [6.45, 7) is 5.68. The Bertz CT molecular complexity index is 807. The normalized spacial score (nSPS) is 17.2. The number of aryl methyl sites for hydroxylation is 3. The zero-order valence-electron chi connectivity index (χ0n) is 14.0. The zero-order valence-corrected chi connectivity index (χ0v) is 14.8. The van der Waals surface area contributed by atoms with E-state index >= 15 is 0 Å². The van der Waals surface area contributed by atoms with Gasteiger partial charge < -0.3 is 5.73 Å². The van der Waals surface area contributed by atoms with Gasteiger partial charge in [0.1, 0.15) is 16.7 Å². The molecule has 2 aromatic rings. The number of hydrogen-bond acceptors (Lipinski definition) is 3. The predicted molar refractivity (Wildman–Crippen MR) is 97.9 cm³/mol. The van der Waals surface area contributed by atoms with Gasteiger partial charge in [0, 0.05) is 11.4 Å². The van der Waals surface area contributed by atoms with Gasteiger partial charge in [-0.2, -0.15) is 0 Å². The van der Waals surface area contributed by atoms with E-state index in [1.807, 2.05) is 19.9 Å². The number of aliphatic imine (C=N–C) groups is 1. The topological polar surface area (TPSA) is 38.4 Å². The lowest BCUT2D eigenvalue weighted by molar-refractivity contribution is 0.577. The molecule has 1 aliphatic heterocycles. The molecule has 2 nitrogen and oxygen atoms in total. The second kappa shape index (κ2) is 6.55. The summed E-state index contributed by atoms with van der Waals surface area (Å²) in [6, 6.07) is 6.77. The smallest absolute Gasteiger partial charge is 0.136 e. The van der Waals surface area contributed by atoms with Gasteiger partial charge in [0.15, 0.2) is 0 Å². The van der Waals surface area contributed by atoms with Crippen molar-refractivity contribution < 1.29 is 8.78 Å². The maximum Gasteiger partial charge on any atom is 0.136 e. The highest BCUT2D eigenvalue weighted by Crippen LogP contribution is 2.30. The van der Waals surface area contributed by atoms with Crippen molar-refractivity contribution >= 4 is 22.5 Å². The highest BCUT2D eigenvalue weighted by Gasteiger charge is 2.25. The second-order valence-corrected chi connectivity index (χ2v) is 7.35. The van der Waals surface area contributed by atoms with Crippen LogP contribution in [0.3, 0.4) is 0 Å². The van der Waals surface area contributed by atoms with Crippen LogP contribution in [0.2, 0.25) is 0 Å². The van der Waals surface area contributed by atoms with Gasteiger partial charge in [-0.1, -0.05) is 6.07 Å². The molecule has 2 N–H and O–H groups in total. The van der Waals surface area contributed by atoms with Crippen molar-refractivity contribution in [2.75, 3.05) is 11.5 Å². The average Bonchev–Trinajstić information content (AvgIpc) is 2.92. The van der Waals surface area contributed by atoms with Crippen molar-refractivity contribution in [1.82, 2.24) is 0 Å². The van der Waals surface area contributed by atoms with Crippen molar-refractivity contribution in [1.29, 1.82) is 0 Å². The highest BCUT2D eigenvalue weighted by atomic mass is 32.2. The number of benzene rings is 2. The van der Waals surface area contributed by atoms with E-state index in [4.69, 9.17) is 5.73 Å². The number of nitrogens with two attached hydrogens (primary N) is 1. The van der Waals surface area contributed by atoms with Crippen LogP contribution in [0, 0.1) is 32.4 Å². The fraction of sp³-hybridized carbons (Fsp3) is 0.316. The summed E-state index contributed by atoms with van der Waals surface area (Å²) in [4.78, 5) is 4.57. The summed E-state index contributed by atoms with van der Waals surface area (Å²) < 4.78 is 28.3. The third-order valence-corrected chi connectivity index (χ3v) is 5.43. The third kappa shape index (κ3) is 3.31. The summed E-state index contributed by atoms with van der Waals surface area (Å²) >= 11 is 1.42. The van der Waals surface area contributed by atoms with Gasteiger partial charge in [0.25, 0.3) is 0 Å². The van der Waals surface area contributed by atoms with E-state index in [1.165, 1.54) is 29.5 Å². The molecular formula is C19H20F2N2S. The Hall–Kier alpha value is -1.88. The van der Waals surface area contributed by atoms with Crippen molar-refractivity contribution in [2.24, 2.45) is 4.99 Å². The van der Waals surface area contributed by atoms with Gasteiger partial charge in [-0.15, -0.1) is 11.8 Å². The average molecular weight is 346 g/mol. The first-order valence-corrected chi connectivity index (χ1v) is 8.86. The number of hydrogen-bond donors (Lipinski definition) is 1.